The van der Waals surface area contributed by atoms with Gasteiger partial charge in [0.2, 0.25) is 17.8 Å². The number of nitrogens with two attached hydrogens (primary N) is 1. The molecular formula is C65H54N10. The Morgan fingerprint density at radius 1 is 0.453 bits per heavy atom. The van der Waals surface area contributed by atoms with Gasteiger partial charge in [0.1, 0.15) is 17.7 Å². The number of aromatic nitrogens is 7. The van der Waals surface area contributed by atoms with E-state index in [2.05, 4.69) is 183 Å². The van der Waals surface area contributed by atoms with Gasteiger partial charge in [0, 0.05) is 31.0 Å². The van der Waals surface area contributed by atoms with E-state index in [1.54, 1.807) is 0 Å². The predicted molar refractivity (Wildman–Crippen MR) is 301 cm³/mol. The largest absolute Gasteiger partial charge is 0.351 e. The summed E-state index contributed by atoms with van der Waals surface area (Å²) < 4.78 is 4.25. The Bertz CT molecular complexity index is 3530. The minimum Gasteiger partial charge on any atom is -0.351 e. The highest BCUT2D eigenvalue weighted by Crippen LogP contribution is 2.42. The van der Waals surface area contributed by atoms with Crippen LogP contribution in [0, 0.1) is 0 Å². The summed E-state index contributed by atoms with van der Waals surface area (Å²) in [6.45, 7) is 0.606. The fourth-order valence-corrected chi connectivity index (χ4v) is 9.98. The summed E-state index contributed by atoms with van der Waals surface area (Å²) in [6, 6.07) is 89.2. The number of nitrogens with one attached hydrogen (secondary N) is 2. The average Bonchev–Trinajstić information content (AvgIpc) is 4.12. The van der Waals surface area contributed by atoms with Crippen molar-refractivity contribution >= 4 is 28.6 Å². The molecular weight excluding hydrogens is 921 g/mol. The van der Waals surface area contributed by atoms with Crippen LogP contribution in [-0.4, -0.2) is 34.1 Å². The molecule has 4 N–H and O–H groups in total. The van der Waals surface area contributed by atoms with Gasteiger partial charge >= 0.3 is 0 Å². The van der Waals surface area contributed by atoms with Crippen molar-refractivity contribution in [3.05, 3.63) is 330 Å². The molecule has 0 aliphatic carbocycles. The van der Waals surface area contributed by atoms with Crippen LogP contribution < -0.4 is 16.4 Å². The molecule has 0 unspecified atom stereocenters. The first-order valence-electron chi connectivity index (χ1n) is 25.0. The molecule has 0 fully saturated rings. The van der Waals surface area contributed by atoms with Gasteiger partial charge in [-0.15, -0.1) is 0 Å². The molecule has 12 aromatic rings. The lowest BCUT2D eigenvalue weighted by atomic mass is 9.76. The van der Waals surface area contributed by atoms with Crippen molar-refractivity contribution in [2.75, 3.05) is 10.6 Å². The van der Waals surface area contributed by atoms with E-state index in [1.165, 1.54) is 6.33 Å². The first-order chi connectivity index (χ1) is 37.1. The van der Waals surface area contributed by atoms with Crippen LogP contribution in [0.4, 0.5) is 17.6 Å². The standard InChI is InChI=1S/C46H37N9.C19H17N/c1-5-16-34(17-6-1)32-48-44-52-40-26-13-14-27-41(40)55(44)45-50-33-49-43(53-45)51-39-25-15-18-35(30-39)31-42-47-28-29-54(42)46(36-19-7-2-8-20-36,37-21-9-3-10-22-37)38-23-11-4-12-24-38;20-19(16-10-4-1-5-11-16,17-12-6-2-7-13-17)18-14-8-3-9-15-18/h1-30,33H,31-32H2,(H,48,52)(H,49,50,51,53);1-15H,20H2. The minimum absolute atomic E-state index is 0.423. The van der Waals surface area contributed by atoms with Crippen molar-refractivity contribution in [2.45, 2.75) is 24.0 Å². The lowest BCUT2D eigenvalue weighted by Gasteiger charge is -2.38. The van der Waals surface area contributed by atoms with Crippen LogP contribution in [0.25, 0.3) is 17.0 Å². The van der Waals surface area contributed by atoms with Gasteiger partial charge in [0.15, 0.2) is 0 Å². The maximum absolute atomic E-state index is 6.86. The number of imidazole rings is 2. The molecule has 9 aromatic carbocycles. The number of rotatable bonds is 15. The highest BCUT2D eigenvalue weighted by molar-refractivity contribution is 5.80. The highest BCUT2D eigenvalue weighted by atomic mass is 15.3. The first kappa shape index (κ1) is 47.5. The second-order valence-corrected chi connectivity index (χ2v) is 18.1. The Morgan fingerprint density at radius 3 is 1.48 bits per heavy atom. The van der Waals surface area contributed by atoms with Crippen molar-refractivity contribution in [2.24, 2.45) is 5.73 Å². The maximum atomic E-state index is 6.86. The molecule has 10 heteroatoms. The Hall–Kier alpha value is -9.77. The third-order valence-corrected chi connectivity index (χ3v) is 13.5. The molecule has 0 radical (unpaired) electrons. The maximum Gasteiger partial charge on any atom is 0.241 e. The van der Waals surface area contributed by atoms with Crippen LogP contribution in [0.1, 0.15) is 50.3 Å². The Kier molecular flexibility index (Phi) is 13.9. The molecule has 364 valence electrons. The van der Waals surface area contributed by atoms with Crippen LogP contribution in [0.2, 0.25) is 0 Å². The zero-order valence-electron chi connectivity index (χ0n) is 41.2. The zero-order valence-corrected chi connectivity index (χ0v) is 41.2. The minimum atomic E-state index is -0.654. The van der Waals surface area contributed by atoms with E-state index in [1.807, 2.05) is 120 Å². The van der Waals surface area contributed by atoms with Crippen LogP contribution in [0.5, 0.6) is 0 Å². The number of hydrogen-bond acceptors (Lipinski definition) is 8. The molecule has 0 bridgehead atoms. The fourth-order valence-electron chi connectivity index (χ4n) is 9.98. The molecule has 3 heterocycles. The summed E-state index contributed by atoms with van der Waals surface area (Å²) >= 11 is 0. The molecule has 0 saturated carbocycles. The van der Waals surface area contributed by atoms with Crippen LogP contribution >= 0.6 is 0 Å². The van der Waals surface area contributed by atoms with Crippen molar-refractivity contribution in [1.82, 2.24) is 34.1 Å². The fraction of sp³-hybridized carbons (Fsp3) is 0.0615. The molecule has 12 rings (SSSR count). The molecule has 0 aliphatic heterocycles. The van der Waals surface area contributed by atoms with E-state index in [4.69, 9.17) is 20.7 Å². The van der Waals surface area contributed by atoms with Gasteiger partial charge in [-0.25, -0.2) is 24.5 Å². The molecule has 0 spiro atoms. The van der Waals surface area contributed by atoms with Crippen molar-refractivity contribution in [1.29, 1.82) is 0 Å². The monoisotopic (exact) mass is 974 g/mol. The summed E-state index contributed by atoms with van der Waals surface area (Å²) in [5, 5.41) is 6.91. The summed E-state index contributed by atoms with van der Waals surface area (Å²) in [5.41, 5.74) is 17.1. The Labute approximate surface area is 437 Å². The van der Waals surface area contributed by atoms with E-state index in [-0.39, 0.29) is 0 Å². The molecule has 75 heavy (non-hydrogen) atoms. The van der Waals surface area contributed by atoms with Crippen LogP contribution in [0.15, 0.2) is 280 Å². The third-order valence-electron chi connectivity index (χ3n) is 13.5. The van der Waals surface area contributed by atoms with Gasteiger partial charge in [0.05, 0.1) is 16.6 Å². The smallest absolute Gasteiger partial charge is 0.241 e. The molecule has 3 aromatic heterocycles. The molecule has 0 atom stereocenters. The third kappa shape index (κ3) is 9.93. The van der Waals surface area contributed by atoms with Crippen LogP contribution in [0.3, 0.4) is 0 Å². The molecule has 0 aliphatic rings. The summed E-state index contributed by atoms with van der Waals surface area (Å²) in [6.07, 6.45) is 6.11. The topological polar surface area (TPSA) is 124 Å². The number of benzene rings is 9. The normalized spacial score (nSPS) is 11.4. The first-order valence-corrected chi connectivity index (χ1v) is 25.0. The van der Waals surface area contributed by atoms with Crippen molar-refractivity contribution in [3.8, 4) is 5.95 Å². The molecule has 0 saturated heterocycles. The predicted octanol–water partition coefficient (Wildman–Crippen LogP) is 13.1. The Morgan fingerprint density at radius 2 is 0.933 bits per heavy atom. The van der Waals surface area contributed by atoms with Gasteiger partial charge < -0.3 is 20.9 Å². The van der Waals surface area contributed by atoms with Crippen molar-refractivity contribution < 1.29 is 0 Å². The number of para-hydroxylation sites is 2. The second-order valence-electron chi connectivity index (χ2n) is 18.1. The van der Waals surface area contributed by atoms with E-state index >= 15 is 0 Å². The molecule has 0 amide bonds. The number of nitrogens with zero attached hydrogens (tertiary/aromatic N) is 7. The van der Waals surface area contributed by atoms with Crippen molar-refractivity contribution in [3.63, 3.8) is 0 Å². The summed E-state index contributed by atoms with van der Waals surface area (Å²) in [4.78, 5) is 23.8. The second kappa shape index (κ2) is 21.9. The van der Waals surface area contributed by atoms with Gasteiger partial charge in [0.25, 0.3) is 0 Å². The molecule has 10 nitrogen and oxygen atoms in total. The summed E-state index contributed by atoms with van der Waals surface area (Å²) in [5.74, 6) is 2.46. The lowest BCUT2D eigenvalue weighted by Crippen LogP contribution is -2.39. The van der Waals surface area contributed by atoms with Gasteiger partial charge in [-0.1, -0.05) is 237 Å². The van der Waals surface area contributed by atoms with Crippen LogP contribution in [-0.2, 0) is 24.0 Å². The number of hydrogen-bond donors (Lipinski definition) is 3. The van der Waals surface area contributed by atoms with E-state index in [9.17, 15) is 0 Å². The van der Waals surface area contributed by atoms with Gasteiger partial charge in [-0.3, -0.25) is 0 Å². The lowest BCUT2D eigenvalue weighted by molar-refractivity contribution is 0.496. The van der Waals surface area contributed by atoms with Gasteiger partial charge in [-0.2, -0.15) is 4.98 Å². The SMILES string of the molecule is NC(c1ccccc1)(c1ccccc1)c1ccccc1.c1ccc(CNc2nc3ccccc3n2-c2ncnc(Nc3cccc(Cc4nccn4C(c4ccccc4)(c4ccccc4)c4ccccc4)c3)n2)cc1. The van der Waals surface area contributed by atoms with Gasteiger partial charge in [-0.05, 0) is 68.8 Å². The van der Waals surface area contributed by atoms with E-state index in [0.717, 1.165) is 67.1 Å². The highest BCUT2D eigenvalue weighted by Gasteiger charge is 2.39. The van der Waals surface area contributed by atoms with E-state index < -0.39 is 11.1 Å². The van der Waals surface area contributed by atoms with E-state index in [0.29, 0.717) is 30.8 Å². The summed E-state index contributed by atoms with van der Waals surface area (Å²) in [7, 11) is 0. The number of fused-ring (bicyclic) bond motifs is 1. The average molecular weight is 975 g/mol. The number of anilines is 3. The zero-order chi connectivity index (χ0) is 50.7. The quantitative estimate of drug-likeness (QED) is 0.0868. The Balaban J connectivity index is 0.000000251.